The summed E-state index contributed by atoms with van der Waals surface area (Å²) in [6, 6.07) is 1.15. The standard InChI is InChI=1S/C17H17Cl3O6/c18-10-8-11(19)14(26-17(24)15(21)22)12(13(10)20)16(23)25-7-6-9-4-2-1-3-5-9/h8-9H,1-7H2,(H,21,22). The first-order valence-electron chi connectivity index (χ1n) is 8.11. The quantitative estimate of drug-likeness (QED) is 0.318. The molecule has 1 saturated carbocycles. The van der Waals surface area contributed by atoms with Gasteiger partial charge in [-0.25, -0.2) is 14.4 Å². The fourth-order valence-electron chi connectivity index (χ4n) is 2.86. The number of aliphatic carboxylic acids is 1. The molecule has 0 saturated heterocycles. The molecule has 0 amide bonds. The molecule has 2 rings (SSSR count). The maximum Gasteiger partial charge on any atom is 0.422 e. The number of carboxylic acid groups (broad SMARTS) is 1. The number of carbonyl (C=O) groups excluding carboxylic acids is 2. The van der Waals surface area contributed by atoms with Gasteiger partial charge in [-0.15, -0.1) is 0 Å². The normalized spacial score (nSPS) is 14.7. The first kappa shape index (κ1) is 20.8. The number of carbonyl (C=O) groups is 3. The van der Waals surface area contributed by atoms with Gasteiger partial charge in [0.2, 0.25) is 0 Å². The van der Waals surface area contributed by atoms with Crippen LogP contribution >= 0.6 is 34.8 Å². The summed E-state index contributed by atoms with van der Waals surface area (Å²) in [7, 11) is 0. The predicted octanol–water partition coefficient (Wildman–Crippen LogP) is 4.76. The molecule has 0 heterocycles. The van der Waals surface area contributed by atoms with E-state index in [1.54, 1.807) is 0 Å². The van der Waals surface area contributed by atoms with Crippen LogP contribution < -0.4 is 4.74 Å². The van der Waals surface area contributed by atoms with Crippen molar-refractivity contribution in [2.45, 2.75) is 38.5 Å². The number of ether oxygens (including phenoxy) is 2. The highest BCUT2D eigenvalue weighted by Gasteiger charge is 2.28. The van der Waals surface area contributed by atoms with Crippen molar-refractivity contribution in [2.75, 3.05) is 6.61 Å². The molecule has 142 valence electrons. The molecule has 0 radical (unpaired) electrons. The topological polar surface area (TPSA) is 89.9 Å². The Morgan fingerprint density at radius 2 is 1.73 bits per heavy atom. The Morgan fingerprint density at radius 1 is 1.08 bits per heavy atom. The average Bonchev–Trinajstić information content (AvgIpc) is 2.60. The molecule has 1 fully saturated rings. The van der Waals surface area contributed by atoms with E-state index in [1.165, 1.54) is 19.3 Å². The minimum atomic E-state index is -1.84. The monoisotopic (exact) mass is 422 g/mol. The number of halogens is 3. The predicted molar refractivity (Wildman–Crippen MR) is 96.2 cm³/mol. The van der Waals surface area contributed by atoms with Gasteiger partial charge in [-0.05, 0) is 18.4 Å². The summed E-state index contributed by atoms with van der Waals surface area (Å²) in [4.78, 5) is 34.5. The van der Waals surface area contributed by atoms with Crippen LogP contribution in [0.1, 0.15) is 48.9 Å². The fraction of sp³-hybridized carbons (Fsp3) is 0.471. The molecule has 26 heavy (non-hydrogen) atoms. The summed E-state index contributed by atoms with van der Waals surface area (Å²) in [5.41, 5.74) is -0.373. The average molecular weight is 424 g/mol. The lowest BCUT2D eigenvalue weighted by Gasteiger charge is -2.21. The minimum Gasteiger partial charge on any atom is -0.473 e. The van der Waals surface area contributed by atoms with E-state index >= 15 is 0 Å². The Hall–Kier alpha value is -1.50. The van der Waals surface area contributed by atoms with Crippen LogP contribution in [0.4, 0.5) is 0 Å². The highest BCUT2D eigenvalue weighted by atomic mass is 35.5. The van der Waals surface area contributed by atoms with E-state index in [0.717, 1.165) is 18.9 Å². The smallest absolute Gasteiger partial charge is 0.422 e. The van der Waals surface area contributed by atoms with Crippen LogP contribution in [0.3, 0.4) is 0 Å². The van der Waals surface area contributed by atoms with Crippen molar-refractivity contribution in [1.82, 2.24) is 0 Å². The zero-order chi connectivity index (χ0) is 19.3. The van der Waals surface area contributed by atoms with Crippen LogP contribution in [0.15, 0.2) is 6.07 Å². The Balaban J connectivity index is 2.15. The lowest BCUT2D eigenvalue weighted by Crippen LogP contribution is -2.21. The third-order valence-electron chi connectivity index (χ3n) is 4.18. The molecular formula is C17H17Cl3O6. The van der Waals surface area contributed by atoms with Crippen molar-refractivity contribution in [3.8, 4) is 5.75 Å². The Bertz CT molecular complexity index is 713. The molecule has 1 aromatic carbocycles. The van der Waals surface area contributed by atoms with E-state index < -0.39 is 23.7 Å². The van der Waals surface area contributed by atoms with E-state index in [2.05, 4.69) is 4.74 Å². The highest BCUT2D eigenvalue weighted by molar-refractivity contribution is 6.46. The number of carboxylic acids is 1. The van der Waals surface area contributed by atoms with Crippen LogP contribution in [0.2, 0.25) is 15.1 Å². The van der Waals surface area contributed by atoms with E-state index in [9.17, 15) is 14.4 Å². The molecule has 0 spiro atoms. The lowest BCUT2D eigenvalue weighted by atomic mass is 9.87. The maximum atomic E-state index is 12.4. The van der Waals surface area contributed by atoms with Crippen molar-refractivity contribution in [3.63, 3.8) is 0 Å². The van der Waals surface area contributed by atoms with Crippen LogP contribution in [0.25, 0.3) is 0 Å². The summed E-state index contributed by atoms with van der Waals surface area (Å²) in [6.07, 6.45) is 6.48. The molecular weight excluding hydrogens is 407 g/mol. The number of rotatable bonds is 5. The largest absolute Gasteiger partial charge is 0.473 e. The number of benzene rings is 1. The van der Waals surface area contributed by atoms with Crippen molar-refractivity contribution in [3.05, 3.63) is 26.7 Å². The van der Waals surface area contributed by atoms with Crippen molar-refractivity contribution in [2.24, 2.45) is 5.92 Å². The van der Waals surface area contributed by atoms with E-state index in [1.807, 2.05) is 0 Å². The third kappa shape index (κ3) is 5.25. The van der Waals surface area contributed by atoms with Crippen LogP contribution in [-0.2, 0) is 14.3 Å². The third-order valence-corrected chi connectivity index (χ3v) is 5.25. The second-order valence-electron chi connectivity index (χ2n) is 5.98. The first-order valence-corrected chi connectivity index (χ1v) is 9.24. The molecule has 1 aliphatic rings. The molecule has 0 unspecified atom stereocenters. The Labute approximate surface area is 165 Å². The summed E-state index contributed by atoms with van der Waals surface area (Å²) >= 11 is 17.9. The van der Waals surface area contributed by atoms with Gasteiger partial charge in [0.25, 0.3) is 0 Å². The maximum absolute atomic E-state index is 12.4. The van der Waals surface area contributed by atoms with E-state index in [-0.39, 0.29) is 27.2 Å². The summed E-state index contributed by atoms with van der Waals surface area (Å²) in [6.45, 7) is 0.163. The molecule has 0 aromatic heterocycles. The minimum absolute atomic E-state index is 0.0500. The summed E-state index contributed by atoms with van der Waals surface area (Å²) < 4.78 is 9.90. The van der Waals surface area contributed by atoms with Crippen molar-refractivity contribution < 1.29 is 29.0 Å². The zero-order valence-electron chi connectivity index (χ0n) is 13.7. The summed E-state index contributed by atoms with van der Waals surface area (Å²) in [5.74, 6) is -4.33. The molecule has 6 nitrogen and oxygen atoms in total. The van der Waals surface area contributed by atoms with Crippen LogP contribution in [0, 0.1) is 5.92 Å². The van der Waals surface area contributed by atoms with Crippen LogP contribution in [-0.4, -0.2) is 29.6 Å². The van der Waals surface area contributed by atoms with Gasteiger partial charge in [-0.1, -0.05) is 66.9 Å². The van der Waals surface area contributed by atoms with Crippen molar-refractivity contribution >= 4 is 52.7 Å². The second kappa shape index (κ2) is 9.44. The van der Waals surface area contributed by atoms with Gasteiger partial charge in [0.05, 0.1) is 21.7 Å². The van der Waals surface area contributed by atoms with E-state index in [0.29, 0.717) is 12.3 Å². The zero-order valence-corrected chi connectivity index (χ0v) is 16.0. The number of hydrogen-bond donors (Lipinski definition) is 1. The molecule has 9 heteroatoms. The van der Waals surface area contributed by atoms with Gasteiger partial charge >= 0.3 is 17.9 Å². The van der Waals surface area contributed by atoms with Crippen molar-refractivity contribution in [1.29, 1.82) is 0 Å². The van der Waals surface area contributed by atoms with Gasteiger partial charge in [0, 0.05) is 0 Å². The van der Waals surface area contributed by atoms with Gasteiger partial charge in [-0.2, -0.15) is 0 Å². The van der Waals surface area contributed by atoms with Gasteiger partial charge in [0.1, 0.15) is 5.56 Å². The number of hydrogen-bond acceptors (Lipinski definition) is 5. The lowest BCUT2D eigenvalue weighted by molar-refractivity contribution is -0.158. The van der Waals surface area contributed by atoms with Gasteiger partial charge in [-0.3, -0.25) is 0 Å². The second-order valence-corrected chi connectivity index (χ2v) is 7.17. The highest BCUT2D eigenvalue weighted by Crippen LogP contribution is 2.40. The summed E-state index contributed by atoms with van der Waals surface area (Å²) in [5, 5.41) is 8.17. The van der Waals surface area contributed by atoms with Gasteiger partial charge in [0.15, 0.2) is 5.75 Å². The Kier molecular flexibility index (Phi) is 7.55. The molecule has 1 N–H and O–H groups in total. The molecule has 0 atom stereocenters. The van der Waals surface area contributed by atoms with E-state index in [4.69, 9.17) is 44.6 Å². The molecule has 1 aliphatic carbocycles. The van der Waals surface area contributed by atoms with Gasteiger partial charge < -0.3 is 14.6 Å². The SMILES string of the molecule is O=C(O)C(=O)Oc1c(Cl)cc(Cl)c(Cl)c1C(=O)OCCC1CCCCC1. The first-order chi connectivity index (χ1) is 12.3. The molecule has 0 aliphatic heterocycles. The Morgan fingerprint density at radius 3 is 2.35 bits per heavy atom. The number of esters is 2. The molecule has 0 bridgehead atoms. The fourth-order valence-corrected chi connectivity index (χ4v) is 3.58. The molecule has 1 aromatic rings. The van der Waals surface area contributed by atoms with Crippen LogP contribution in [0.5, 0.6) is 5.75 Å².